The van der Waals surface area contributed by atoms with E-state index in [1.165, 1.54) is 6.07 Å². The Kier molecular flexibility index (Phi) is 3.34. The van der Waals surface area contributed by atoms with E-state index < -0.39 is 11.4 Å². The third kappa shape index (κ3) is 2.35. The number of rotatable bonds is 2. The molecule has 0 bridgehead atoms. The number of hydrogen-bond donors (Lipinski definition) is 1. The Morgan fingerprint density at radius 2 is 2.08 bits per heavy atom. The molecule has 0 saturated carbocycles. The van der Waals surface area contributed by atoms with Crippen LogP contribution in [0.4, 0.5) is 0 Å². The summed E-state index contributed by atoms with van der Waals surface area (Å²) in [6.07, 6.45) is 0. The summed E-state index contributed by atoms with van der Waals surface area (Å²) in [6, 6.07) is 4.57. The summed E-state index contributed by atoms with van der Waals surface area (Å²) >= 11 is 8.86. The minimum atomic E-state index is -2.38. The molecule has 0 radical (unpaired) electrons. The Balaban J connectivity index is 3.00. The molecule has 0 saturated heterocycles. The van der Waals surface area contributed by atoms with Crippen molar-refractivity contribution in [3.05, 3.63) is 28.2 Å². The average Bonchev–Trinajstić information content (AvgIpc) is 1.98. The molecule has 1 aromatic rings. The molecule has 12 heavy (non-hydrogen) atoms. The van der Waals surface area contributed by atoms with Crippen molar-refractivity contribution in [1.29, 1.82) is 0 Å². The van der Waals surface area contributed by atoms with Crippen molar-refractivity contribution < 1.29 is 12.9 Å². The molecule has 0 heterocycles. The van der Waals surface area contributed by atoms with Gasteiger partial charge >= 0.3 is 11.4 Å². The topological polar surface area (TPSA) is 46.5 Å². The van der Waals surface area contributed by atoms with Gasteiger partial charge in [-0.25, -0.2) is 0 Å². The van der Waals surface area contributed by atoms with Gasteiger partial charge < -0.3 is 4.18 Å². The summed E-state index contributed by atoms with van der Waals surface area (Å²) in [5, 5.41) is 0.404. The van der Waals surface area contributed by atoms with Crippen LogP contribution >= 0.6 is 23.2 Å². The minimum absolute atomic E-state index is 0.0880. The van der Waals surface area contributed by atoms with E-state index in [1.807, 2.05) is 0 Å². The lowest BCUT2D eigenvalue weighted by Crippen LogP contribution is -1.97. The Labute approximate surface area is 81.7 Å². The fraction of sp³-hybridized carbons (Fsp3) is 0. The lowest BCUT2D eigenvalue weighted by atomic mass is 10.3. The zero-order valence-corrected chi connectivity index (χ0v) is 7.99. The van der Waals surface area contributed by atoms with Crippen molar-refractivity contribution >= 4 is 34.6 Å². The van der Waals surface area contributed by atoms with Gasteiger partial charge in [0.2, 0.25) is 0 Å². The van der Waals surface area contributed by atoms with Crippen LogP contribution in [0.15, 0.2) is 18.2 Å². The van der Waals surface area contributed by atoms with Gasteiger partial charge in [0.1, 0.15) is 5.02 Å². The fourth-order valence-corrected chi connectivity index (χ4v) is 1.29. The van der Waals surface area contributed by atoms with Crippen LogP contribution in [-0.4, -0.2) is 8.76 Å². The summed E-state index contributed by atoms with van der Waals surface area (Å²) in [4.78, 5) is 0. The predicted octanol–water partition coefficient (Wildman–Crippen LogP) is 2.51. The number of halogens is 2. The number of benzene rings is 1. The maximum atomic E-state index is 10.2. The Morgan fingerprint density at radius 1 is 1.42 bits per heavy atom. The Morgan fingerprint density at radius 3 is 2.67 bits per heavy atom. The second-order valence-corrected chi connectivity index (χ2v) is 3.24. The third-order valence-electron chi connectivity index (χ3n) is 1.08. The summed E-state index contributed by atoms with van der Waals surface area (Å²) in [5.41, 5.74) is 0. The molecule has 3 nitrogen and oxygen atoms in total. The highest BCUT2D eigenvalue weighted by molar-refractivity contribution is 7.74. The van der Waals surface area contributed by atoms with E-state index in [0.717, 1.165) is 0 Å². The molecule has 1 rings (SSSR count). The lowest BCUT2D eigenvalue weighted by Gasteiger charge is -2.02. The monoisotopic (exact) mass is 226 g/mol. The van der Waals surface area contributed by atoms with Gasteiger partial charge in [-0.05, 0) is 12.1 Å². The van der Waals surface area contributed by atoms with Crippen molar-refractivity contribution in [3.8, 4) is 5.75 Å². The molecule has 1 atom stereocenters. The summed E-state index contributed by atoms with van der Waals surface area (Å²) < 4.78 is 23.0. The zero-order valence-electron chi connectivity index (χ0n) is 5.66. The molecule has 1 unspecified atom stereocenters. The normalized spacial score (nSPS) is 12.6. The van der Waals surface area contributed by atoms with E-state index in [-0.39, 0.29) is 15.8 Å². The van der Waals surface area contributed by atoms with Gasteiger partial charge in [0.05, 0.1) is 5.02 Å². The molecular weight excluding hydrogens is 223 g/mol. The highest BCUT2D eigenvalue weighted by atomic mass is 35.5. The lowest BCUT2D eigenvalue weighted by molar-refractivity contribution is 0.458. The van der Waals surface area contributed by atoms with Crippen LogP contribution < -0.4 is 4.18 Å². The van der Waals surface area contributed by atoms with Crippen LogP contribution in [0.1, 0.15) is 0 Å². The van der Waals surface area contributed by atoms with E-state index in [9.17, 15) is 4.21 Å². The van der Waals surface area contributed by atoms with Crippen molar-refractivity contribution in [2.45, 2.75) is 0 Å². The molecule has 0 aliphatic rings. The SMILES string of the molecule is O=S(O)Oc1cccc(Cl)c1Cl. The summed E-state index contributed by atoms with van der Waals surface area (Å²) in [7, 11) is 0. The third-order valence-corrected chi connectivity index (χ3v) is 2.20. The van der Waals surface area contributed by atoms with Gasteiger partial charge in [0.25, 0.3) is 0 Å². The van der Waals surface area contributed by atoms with Crippen molar-refractivity contribution in [2.24, 2.45) is 0 Å². The van der Waals surface area contributed by atoms with Gasteiger partial charge in [0, 0.05) is 0 Å². The first-order valence-corrected chi connectivity index (χ1v) is 4.63. The summed E-state index contributed by atoms with van der Waals surface area (Å²) in [5.74, 6) is 0.0880. The van der Waals surface area contributed by atoms with Crippen molar-refractivity contribution in [3.63, 3.8) is 0 Å². The standard InChI is InChI=1S/C6H4Cl2O3S/c7-4-2-1-3-5(6(4)8)11-12(9)10/h1-3H,(H,9,10). The first-order chi connectivity index (χ1) is 5.61. The molecule has 0 fully saturated rings. The van der Waals surface area contributed by atoms with E-state index >= 15 is 0 Å². The second-order valence-electron chi connectivity index (χ2n) is 1.85. The highest BCUT2D eigenvalue weighted by Gasteiger charge is 2.07. The number of hydrogen-bond acceptors (Lipinski definition) is 2. The van der Waals surface area contributed by atoms with Crippen LogP contribution in [0.3, 0.4) is 0 Å². The molecule has 1 aromatic carbocycles. The Hall–Kier alpha value is -0.290. The van der Waals surface area contributed by atoms with Gasteiger partial charge in [-0.3, -0.25) is 4.55 Å². The molecule has 0 amide bonds. The highest BCUT2D eigenvalue weighted by Crippen LogP contribution is 2.31. The maximum Gasteiger partial charge on any atom is 0.357 e. The van der Waals surface area contributed by atoms with E-state index in [4.69, 9.17) is 27.8 Å². The average molecular weight is 227 g/mol. The smallest absolute Gasteiger partial charge is 0.357 e. The van der Waals surface area contributed by atoms with E-state index in [2.05, 4.69) is 4.18 Å². The second kappa shape index (κ2) is 4.09. The van der Waals surface area contributed by atoms with Crippen LogP contribution in [0.2, 0.25) is 10.0 Å². The van der Waals surface area contributed by atoms with Crippen LogP contribution in [-0.2, 0) is 11.4 Å². The molecule has 0 aromatic heterocycles. The first-order valence-electron chi connectivity index (χ1n) is 2.84. The molecular formula is C6H4Cl2O3S. The summed E-state index contributed by atoms with van der Waals surface area (Å²) in [6.45, 7) is 0. The first kappa shape index (κ1) is 9.80. The molecule has 0 aliphatic heterocycles. The van der Waals surface area contributed by atoms with Crippen LogP contribution in [0.5, 0.6) is 5.75 Å². The van der Waals surface area contributed by atoms with Crippen LogP contribution in [0.25, 0.3) is 0 Å². The molecule has 1 N–H and O–H groups in total. The molecule has 0 aliphatic carbocycles. The minimum Gasteiger partial charge on any atom is -0.378 e. The Bertz CT molecular complexity index is 316. The fourth-order valence-electron chi connectivity index (χ4n) is 0.625. The van der Waals surface area contributed by atoms with Crippen molar-refractivity contribution in [1.82, 2.24) is 0 Å². The molecule has 6 heteroatoms. The van der Waals surface area contributed by atoms with Crippen LogP contribution in [0, 0.1) is 0 Å². The molecule has 0 spiro atoms. The quantitative estimate of drug-likeness (QED) is 0.789. The van der Waals surface area contributed by atoms with E-state index in [1.54, 1.807) is 12.1 Å². The largest absolute Gasteiger partial charge is 0.378 e. The van der Waals surface area contributed by atoms with Gasteiger partial charge in [-0.1, -0.05) is 29.3 Å². The predicted molar refractivity (Wildman–Crippen MR) is 47.9 cm³/mol. The van der Waals surface area contributed by atoms with Gasteiger partial charge in [-0.15, -0.1) is 0 Å². The van der Waals surface area contributed by atoms with Gasteiger partial charge in [-0.2, -0.15) is 4.21 Å². The van der Waals surface area contributed by atoms with Gasteiger partial charge in [0.15, 0.2) is 5.75 Å². The van der Waals surface area contributed by atoms with Crippen molar-refractivity contribution in [2.75, 3.05) is 0 Å². The molecule has 66 valence electrons. The van der Waals surface area contributed by atoms with E-state index in [0.29, 0.717) is 0 Å². The zero-order chi connectivity index (χ0) is 9.14. The maximum absolute atomic E-state index is 10.2.